The minimum Gasteiger partial charge on any atom is -0.495 e. The fraction of sp³-hybridized carbons (Fsp3) is 0.143. The summed E-state index contributed by atoms with van der Waals surface area (Å²) < 4.78 is 5.35. The summed E-state index contributed by atoms with van der Waals surface area (Å²) in [4.78, 5) is 29.5. The van der Waals surface area contributed by atoms with Gasteiger partial charge in [-0.3, -0.25) is 14.5 Å². The molecule has 4 rings (SSSR count). The van der Waals surface area contributed by atoms with Crippen LogP contribution in [0.5, 0.6) is 5.75 Å². The van der Waals surface area contributed by atoms with E-state index in [2.05, 4.69) is 4.98 Å². The number of carbonyl (C=O) groups is 2. The second-order valence-corrected chi connectivity index (χ2v) is 6.24. The molecular formula is C21H18N2O3. The van der Waals surface area contributed by atoms with Gasteiger partial charge in [-0.05, 0) is 17.7 Å². The van der Waals surface area contributed by atoms with E-state index in [1.54, 1.807) is 13.2 Å². The maximum atomic E-state index is 12.7. The Morgan fingerprint density at radius 3 is 2.69 bits per heavy atom. The summed E-state index contributed by atoms with van der Waals surface area (Å²) in [6.45, 7) is 0.303. The lowest BCUT2D eigenvalue weighted by atomic mass is 10.1. The van der Waals surface area contributed by atoms with Gasteiger partial charge in [0.1, 0.15) is 5.75 Å². The van der Waals surface area contributed by atoms with Crippen molar-refractivity contribution in [3.63, 3.8) is 0 Å². The second-order valence-electron chi connectivity index (χ2n) is 6.24. The van der Waals surface area contributed by atoms with Crippen LogP contribution in [0.4, 0.5) is 0 Å². The van der Waals surface area contributed by atoms with Crippen LogP contribution in [0, 0.1) is 0 Å². The number of hydrogen-bond donors (Lipinski definition) is 1. The third kappa shape index (κ3) is 2.77. The first-order chi connectivity index (χ1) is 12.7. The van der Waals surface area contributed by atoms with Crippen LogP contribution in [0.3, 0.4) is 0 Å². The van der Waals surface area contributed by atoms with Gasteiger partial charge in [-0.25, -0.2) is 0 Å². The fourth-order valence-corrected chi connectivity index (χ4v) is 3.28. The number of imide groups is 1. The average molecular weight is 346 g/mol. The highest BCUT2D eigenvalue weighted by Gasteiger charge is 2.33. The van der Waals surface area contributed by atoms with Gasteiger partial charge in [-0.2, -0.15) is 0 Å². The minimum atomic E-state index is -0.226. The average Bonchev–Trinajstić information content (AvgIpc) is 3.19. The Bertz CT molecular complexity index is 1020. The molecule has 0 radical (unpaired) electrons. The molecule has 0 aliphatic carbocycles. The van der Waals surface area contributed by atoms with E-state index in [1.807, 2.05) is 54.7 Å². The van der Waals surface area contributed by atoms with Crippen LogP contribution in [0.25, 0.3) is 17.0 Å². The molecule has 2 heterocycles. The number of benzene rings is 2. The van der Waals surface area contributed by atoms with Crippen molar-refractivity contribution in [2.24, 2.45) is 0 Å². The molecule has 1 fully saturated rings. The Hall–Kier alpha value is -3.34. The molecule has 0 saturated carbocycles. The molecule has 26 heavy (non-hydrogen) atoms. The Morgan fingerprint density at radius 1 is 1.12 bits per heavy atom. The predicted molar refractivity (Wildman–Crippen MR) is 99.4 cm³/mol. The van der Waals surface area contributed by atoms with Crippen LogP contribution in [-0.2, 0) is 16.1 Å². The first-order valence-corrected chi connectivity index (χ1v) is 8.40. The summed E-state index contributed by atoms with van der Waals surface area (Å²) in [5.74, 6) is 0.352. The summed E-state index contributed by atoms with van der Waals surface area (Å²) in [7, 11) is 1.62. The zero-order valence-electron chi connectivity index (χ0n) is 14.4. The van der Waals surface area contributed by atoms with Gasteiger partial charge in [0.15, 0.2) is 0 Å². The number of ether oxygens (including phenoxy) is 1. The normalized spacial score (nSPS) is 16.0. The van der Waals surface area contributed by atoms with Gasteiger partial charge in [-0.15, -0.1) is 0 Å². The Labute approximate surface area is 150 Å². The number of rotatable bonds is 4. The number of nitrogens with one attached hydrogen (secondary N) is 1. The summed E-state index contributed by atoms with van der Waals surface area (Å²) in [6.07, 6.45) is 3.75. The smallest absolute Gasteiger partial charge is 0.257 e. The Balaban J connectivity index is 1.65. The van der Waals surface area contributed by atoms with Crippen molar-refractivity contribution in [1.29, 1.82) is 0 Å². The standard InChI is InChI=1S/C21H18N2O3/c1-26-18-9-5-8-17-16(12-22-20(17)18)10-15-11-19(24)23(21(15)25)13-14-6-3-2-4-7-14/h2-10,12,22H,11,13H2,1H3. The molecule has 3 aromatic rings. The van der Waals surface area contributed by atoms with Crippen LogP contribution < -0.4 is 4.74 Å². The van der Waals surface area contributed by atoms with Crippen LogP contribution >= 0.6 is 0 Å². The summed E-state index contributed by atoms with van der Waals surface area (Å²) in [5, 5.41) is 0.957. The molecule has 1 aliphatic rings. The highest BCUT2D eigenvalue weighted by atomic mass is 16.5. The van der Waals surface area contributed by atoms with Gasteiger partial charge in [0.05, 0.1) is 25.6 Å². The van der Waals surface area contributed by atoms with Gasteiger partial charge in [-0.1, -0.05) is 42.5 Å². The molecule has 2 amide bonds. The molecule has 130 valence electrons. The summed E-state index contributed by atoms with van der Waals surface area (Å²) >= 11 is 0. The molecule has 1 saturated heterocycles. The number of para-hydroxylation sites is 1. The molecule has 5 nitrogen and oxygen atoms in total. The van der Waals surface area contributed by atoms with E-state index in [1.165, 1.54) is 4.90 Å². The van der Waals surface area contributed by atoms with E-state index in [-0.39, 0.29) is 18.2 Å². The molecule has 5 heteroatoms. The Morgan fingerprint density at radius 2 is 1.92 bits per heavy atom. The van der Waals surface area contributed by atoms with Gasteiger partial charge < -0.3 is 9.72 Å². The topological polar surface area (TPSA) is 62.4 Å². The van der Waals surface area contributed by atoms with Crippen molar-refractivity contribution < 1.29 is 14.3 Å². The van der Waals surface area contributed by atoms with E-state index >= 15 is 0 Å². The molecule has 0 spiro atoms. The van der Waals surface area contributed by atoms with Crippen molar-refractivity contribution in [3.8, 4) is 5.75 Å². The SMILES string of the molecule is COc1cccc2c(C=C3CC(=O)N(Cc4ccccc4)C3=O)c[nH]c12. The van der Waals surface area contributed by atoms with E-state index in [0.717, 1.165) is 27.8 Å². The van der Waals surface area contributed by atoms with Crippen molar-refractivity contribution in [2.45, 2.75) is 13.0 Å². The van der Waals surface area contributed by atoms with Crippen molar-refractivity contribution in [2.75, 3.05) is 7.11 Å². The third-order valence-corrected chi connectivity index (χ3v) is 4.60. The van der Waals surface area contributed by atoms with E-state index < -0.39 is 0 Å². The number of H-pyrrole nitrogens is 1. The number of methoxy groups -OCH3 is 1. The molecule has 0 bridgehead atoms. The zero-order valence-corrected chi connectivity index (χ0v) is 14.4. The second kappa shape index (κ2) is 6.52. The maximum Gasteiger partial charge on any atom is 0.257 e. The van der Waals surface area contributed by atoms with E-state index in [4.69, 9.17) is 4.74 Å². The zero-order chi connectivity index (χ0) is 18.1. The van der Waals surface area contributed by atoms with E-state index in [0.29, 0.717) is 12.1 Å². The van der Waals surface area contributed by atoms with Gasteiger partial charge in [0.25, 0.3) is 5.91 Å². The lowest BCUT2D eigenvalue weighted by Gasteiger charge is -2.13. The molecule has 0 unspecified atom stereocenters. The van der Waals surface area contributed by atoms with Crippen LogP contribution in [-0.4, -0.2) is 28.8 Å². The van der Waals surface area contributed by atoms with Crippen LogP contribution in [0.15, 0.2) is 60.3 Å². The first-order valence-electron chi connectivity index (χ1n) is 8.40. The van der Waals surface area contributed by atoms with Crippen LogP contribution in [0.1, 0.15) is 17.5 Å². The minimum absolute atomic E-state index is 0.127. The summed E-state index contributed by atoms with van der Waals surface area (Å²) in [6, 6.07) is 15.3. The van der Waals surface area contributed by atoms with Gasteiger partial charge >= 0.3 is 0 Å². The Kier molecular flexibility index (Phi) is 4.05. The number of aromatic amines is 1. The lowest BCUT2D eigenvalue weighted by Crippen LogP contribution is -2.28. The number of aromatic nitrogens is 1. The largest absolute Gasteiger partial charge is 0.495 e. The number of nitrogens with zero attached hydrogens (tertiary/aromatic N) is 1. The quantitative estimate of drug-likeness (QED) is 0.581. The number of likely N-dealkylation sites (tertiary alicyclic amines) is 1. The highest BCUT2D eigenvalue weighted by Crippen LogP contribution is 2.30. The molecule has 1 N–H and O–H groups in total. The van der Waals surface area contributed by atoms with Crippen molar-refractivity contribution in [3.05, 3.63) is 71.4 Å². The third-order valence-electron chi connectivity index (χ3n) is 4.60. The monoisotopic (exact) mass is 346 g/mol. The number of hydrogen-bond acceptors (Lipinski definition) is 3. The van der Waals surface area contributed by atoms with Crippen LogP contribution in [0.2, 0.25) is 0 Å². The number of carbonyl (C=O) groups excluding carboxylic acids is 2. The number of fused-ring (bicyclic) bond motifs is 1. The maximum absolute atomic E-state index is 12.7. The molecule has 0 atom stereocenters. The lowest BCUT2D eigenvalue weighted by molar-refractivity contribution is -0.138. The predicted octanol–water partition coefficient (Wildman–Crippen LogP) is 3.52. The first kappa shape index (κ1) is 16.1. The molecule has 1 aliphatic heterocycles. The molecular weight excluding hydrogens is 328 g/mol. The highest BCUT2D eigenvalue weighted by molar-refractivity contribution is 6.16. The van der Waals surface area contributed by atoms with Crippen molar-refractivity contribution >= 4 is 28.8 Å². The van der Waals surface area contributed by atoms with Crippen molar-refractivity contribution in [1.82, 2.24) is 9.88 Å². The fourth-order valence-electron chi connectivity index (χ4n) is 3.28. The molecule has 1 aromatic heterocycles. The summed E-state index contributed by atoms with van der Waals surface area (Å²) in [5.41, 5.74) is 3.19. The number of amides is 2. The molecule has 2 aromatic carbocycles. The van der Waals surface area contributed by atoms with Gasteiger partial charge in [0, 0.05) is 22.7 Å². The van der Waals surface area contributed by atoms with Gasteiger partial charge in [0.2, 0.25) is 5.91 Å². The van der Waals surface area contributed by atoms with E-state index in [9.17, 15) is 9.59 Å².